The highest BCUT2D eigenvalue weighted by Gasteiger charge is 2.23. The van der Waals surface area contributed by atoms with Gasteiger partial charge in [-0.1, -0.05) is 20.3 Å². The van der Waals surface area contributed by atoms with E-state index in [0.29, 0.717) is 11.8 Å². The van der Waals surface area contributed by atoms with Gasteiger partial charge in [-0.15, -0.1) is 0 Å². The molecule has 1 unspecified atom stereocenters. The van der Waals surface area contributed by atoms with Crippen molar-refractivity contribution in [1.29, 1.82) is 5.26 Å². The first kappa shape index (κ1) is 12.0. The number of carbonyl (C=O) groups excluding carboxylic acids is 1. The van der Waals surface area contributed by atoms with E-state index >= 15 is 0 Å². The molecule has 15 heavy (non-hydrogen) atoms. The minimum absolute atomic E-state index is 0.00468. The molecule has 3 heteroatoms. The van der Waals surface area contributed by atoms with Gasteiger partial charge in [0.1, 0.15) is 6.42 Å². The summed E-state index contributed by atoms with van der Waals surface area (Å²) in [5.41, 5.74) is 0. The maximum absolute atomic E-state index is 11.6. The Hall–Kier alpha value is -1.04. The van der Waals surface area contributed by atoms with Crippen LogP contribution in [0, 0.1) is 23.2 Å². The predicted octanol–water partition coefficient (Wildman–Crippen LogP) is 2.18. The summed E-state index contributed by atoms with van der Waals surface area (Å²) in [5, 5.41) is 8.52. The van der Waals surface area contributed by atoms with Crippen LogP contribution in [0.2, 0.25) is 0 Å². The van der Waals surface area contributed by atoms with Gasteiger partial charge in [0.2, 0.25) is 5.91 Å². The fourth-order valence-electron chi connectivity index (χ4n) is 2.12. The molecule has 0 N–H and O–H groups in total. The van der Waals surface area contributed by atoms with E-state index in [9.17, 15) is 4.79 Å². The SMILES string of the molecule is CC(C)C1CCCCN(C(=O)CC#N)C1. The van der Waals surface area contributed by atoms with Crippen LogP contribution in [0.1, 0.15) is 39.5 Å². The van der Waals surface area contributed by atoms with E-state index in [2.05, 4.69) is 13.8 Å². The van der Waals surface area contributed by atoms with E-state index < -0.39 is 0 Å². The maximum atomic E-state index is 11.6. The van der Waals surface area contributed by atoms with Crippen molar-refractivity contribution in [3.05, 3.63) is 0 Å². The number of amides is 1. The summed E-state index contributed by atoms with van der Waals surface area (Å²) < 4.78 is 0. The van der Waals surface area contributed by atoms with E-state index in [1.165, 1.54) is 12.8 Å². The zero-order valence-corrected chi connectivity index (χ0v) is 9.70. The molecule has 0 spiro atoms. The fraction of sp³-hybridized carbons (Fsp3) is 0.833. The Morgan fingerprint density at radius 1 is 1.53 bits per heavy atom. The number of likely N-dealkylation sites (tertiary alicyclic amines) is 1. The Balaban J connectivity index is 2.57. The minimum atomic E-state index is 0.00468. The number of hydrogen-bond acceptors (Lipinski definition) is 2. The van der Waals surface area contributed by atoms with Crippen LogP contribution in [0.4, 0.5) is 0 Å². The summed E-state index contributed by atoms with van der Waals surface area (Å²) in [6.45, 7) is 6.10. The number of rotatable bonds is 2. The van der Waals surface area contributed by atoms with Gasteiger partial charge in [0.15, 0.2) is 0 Å². The van der Waals surface area contributed by atoms with Crippen molar-refractivity contribution in [3.8, 4) is 6.07 Å². The lowest BCUT2D eigenvalue weighted by Gasteiger charge is -2.26. The molecular formula is C12H20N2O. The number of nitrogens with zero attached hydrogens (tertiary/aromatic N) is 2. The second-order valence-electron chi connectivity index (χ2n) is 4.67. The molecule has 0 radical (unpaired) electrons. The summed E-state index contributed by atoms with van der Waals surface area (Å²) in [6, 6.07) is 1.94. The van der Waals surface area contributed by atoms with Crippen LogP contribution >= 0.6 is 0 Å². The largest absolute Gasteiger partial charge is 0.342 e. The molecule has 84 valence electrons. The van der Waals surface area contributed by atoms with E-state index in [-0.39, 0.29) is 12.3 Å². The summed E-state index contributed by atoms with van der Waals surface area (Å²) in [4.78, 5) is 13.5. The van der Waals surface area contributed by atoms with Gasteiger partial charge >= 0.3 is 0 Å². The van der Waals surface area contributed by atoms with E-state index in [1.807, 2.05) is 11.0 Å². The second kappa shape index (κ2) is 5.75. The first-order valence-electron chi connectivity index (χ1n) is 5.80. The van der Waals surface area contributed by atoms with Gasteiger partial charge in [-0.25, -0.2) is 0 Å². The Morgan fingerprint density at radius 3 is 2.87 bits per heavy atom. The quantitative estimate of drug-likeness (QED) is 0.698. The molecule has 1 saturated heterocycles. The molecule has 1 rings (SSSR count). The van der Waals surface area contributed by atoms with Crippen LogP contribution in [0.5, 0.6) is 0 Å². The first-order chi connectivity index (χ1) is 7.15. The lowest BCUT2D eigenvalue weighted by Crippen LogP contribution is -2.35. The molecule has 0 aromatic carbocycles. The average molecular weight is 208 g/mol. The van der Waals surface area contributed by atoms with Crippen molar-refractivity contribution in [2.24, 2.45) is 11.8 Å². The topological polar surface area (TPSA) is 44.1 Å². The zero-order valence-electron chi connectivity index (χ0n) is 9.70. The number of nitriles is 1. The van der Waals surface area contributed by atoms with Gasteiger partial charge in [-0.2, -0.15) is 5.26 Å². The molecule has 1 aliphatic heterocycles. The standard InChI is InChI=1S/C12H20N2O/c1-10(2)11-5-3-4-8-14(9-11)12(15)6-7-13/h10-11H,3-6,8-9H2,1-2H3. The van der Waals surface area contributed by atoms with Crippen molar-refractivity contribution in [2.75, 3.05) is 13.1 Å². The van der Waals surface area contributed by atoms with Crippen molar-refractivity contribution in [3.63, 3.8) is 0 Å². The summed E-state index contributed by atoms with van der Waals surface area (Å²) >= 11 is 0. The molecule has 0 aromatic heterocycles. The van der Waals surface area contributed by atoms with E-state index in [1.54, 1.807) is 0 Å². The highest BCUT2D eigenvalue weighted by molar-refractivity contribution is 5.78. The Labute approximate surface area is 92.1 Å². The van der Waals surface area contributed by atoms with Gasteiger partial charge in [0.25, 0.3) is 0 Å². The second-order valence-corrected chi connectivity index (χ2v) is 4.67. The number of hydrogen-bond donors (Lipinski definition) is 0. The van der Waals surface area contributed by atoms with Gasteiger partial charge < -0.3 is 4.90 Å². The third-order valence-electron chi connectivity index (χ3n) is 3.23. The van der Waals surface area contributed by atoms with Crippen LogP contribution in [0.25, 0.3) is 0 Å². The van der Waals surface area contributed by atoms with E-state index in [0.717, 1.165) is 19.5 Å². The monoisotopic (exact) mass is 208 g/mol. The third kappa shape index (κ3) is 3.54. The summed E-state index contributed by atoms with van der Waals surface area (Å²) in [7, 11) is 0. The summed E-state index contributed by atoms with van der Waals surface area (Å²) in [5.74, 6) is 1.24. The first-order valence-corrected chi connectivity index (χ1v) is 5.80. The Kier molecular flexibility index (Phi) is 4.61. The molecule has 0 bridgehead atoms. The van der Waals surface area contributed by atoms with Crippen LogP contribution < -0.4 is 0 Å². The number of carbonyl (C=O) groups is 1. The summed E-state index contributed by atoms with van der Waals surface area (Å²) in [6.07, 6.45) is 3.54. The van der Waals surface area contributed by atoms with E-state index in [4.69, 9.17) is 5.26 Å². The van der Waals surface area contributed by atoms with Crippen molar-refractivity contribution in [2.45, 2.75) is 39.5 Å². The molecule has 1 heterocycles. The van der Waals surface area contributed by atoms with Gasteiger partial charge in [0, 0.05) is 13.1 Å². The molecule has 1 amide bonds. The molecule has 1 fully saturated rings. The maximum Gasteiger partial charge on any atom is 0.236 e. The van der Waals surface area contributed by atoms with Crippen molar-refractivity contribution < 1.29 is 4.79 Å². The van der Waals surface area contributed by atoms with Crippen LogP contribution in [-0.4, -0.2) is 23.9 Å². The average Bonchev–Trinajstić information content (AvgIpc) is 2.43. The molecule has 0 saturated carbocycles. The highest BCUT2D eigenvalue weighted by atomic mass is 16.2. The Bertz CT molecular complexity index is 255. The predicted molar refractivity (Wildman–Crippen MR) is 59.0 cm³/mol. The van der Waals surface area contributed by atoms with Gasteiger partial charge in [-0.05, 0) is 24.7 Å². The molecule has 1 aliphatic rings. The molecular weight excluding hydrogens is 188 g/mol. The minimum Gasteiger partial charge on any atom is -0.342 e. The molecule has 1 atom stereocenters. The van der Waals surface area contributed by atoms with Gasteiger partial charge in [0.05, 0.1) is 6.07 Å². The van der Waals surface area contributed by atoms with Crippen molar-refractivity contribution >= 4 is 5.91 Å². The molecule has 3 nitrogen and oxygen atoms in total. The lowest BCUT2D eigenvalue weighted by atomic mass is 9.91. The smallest absolute Gasteiger partial charge is 0.236 e. The molecule has 0 aromatic rings. The highest BCUT2D eigenvalue weighted by Crippen LogP contribution is 2.23. The Morgan fingerprint density at radius 2 is 2.27 bits per heavy atom. The lowest BCUT2D eigenvalue weighted by molar-refractivity contribution is -0.130. The molecule has 0 aliphatic carbocycles. The van der Waals surface area contributed by atoms with Crippen LogP contribution in [0.3, 0.4) is 0 Å². The van der Waals surface area contributed by atoms with Crippen molar-refractivity contribution in [1.82, 2.24) is 4.90 Å². The fourth-order valence-corrected chi connectivity index (χ4v) is 2.12. The van der Waals surface area contributed by atoms with Crippen LogP contribution in [-0.2, 0) is 4.79 Å². The normalized spacial score (nSPS) is 22.3. The van der Waals surface area contributed by atoms with Gasteiger partial charge in [-0.3, -0.25) is 4.79 Å². The third-order valence-corrected chi connectivity index (χ3v) is 3.23. The van der Waals surface area contributed by atoms with Crippen LogP contribution in [0.15, 0.2) is 0 Å². The zero-order chi connectivity index (χ0) is 11.3.